The van der Waals surface area contributed by atoms with Gasteiger partial charge in [-0.15, -0.1) is 11.6 Å². The van der Waals surface area contributed by atoms with Crippen LogP contribution in [-0.2, 0) is 12.5 Å². The van der Waals surface area contributed by atoms with Gasteiger partial charge >= 0.3 is 0 Å². The quantitative estimate of drug-likeness (QED) is 0.750. The number of alkyl halides is 1. The SMILES string of the molecule is COc1ccc(COc2ccc(OC)cc2CCl)c(F)c1. The van der Waals surface area contributed by atoms with E-state index in [1.807, 2.05) is 0 Å². The first-order valence-electron chi connectivity index (χ1n) is 6.36. The third-order valence-corrected chi connectivity index (χ3v) is 3.34. The Hall–Kier alpha value is -1.94. The van der Waals surface area contributed by atoms with Gasteiger partial charge in [-0.2, -0.15) is 0 Å². The minimum absolute atomic E-state index is 0.117. The molecule has 0 heterocycles. The summed E-state index contributed by atoms with van der Waals surface area (Å²) in [6.07, 6.45) is 0. The number of halogens is 2. The standard InChI is InChI=1S/C16H16ClFO3/c1-19-13-5-6-16(12(7-13)9-17)21-10-11-3-4-14(20-2)8-15(11)18/h3-8H,9-10H2,1-2H3. The van der Waals surface area contributed by atoms with Crippen molar-refractivity contribution in [3.8, 4) is 17.2 Å². The maximum absolute atomic E-state index is 13.8. The summed E-state index contributed by atoms with van der Waals surface area (Å²) in [5.74, 6) is 1.71. The molecule has 0 radical (unpaired) electrons. The molecule has 2 rings (SSSR count). The topological polar surface area (TPSA) is 27.7 Å². The second kappa shape index (κ2) is 7.18. The molecule has 0 N–H and O–H groups in total. The zero-order valence-electron chi connectivity index (χ0n) is 11.9. The van der Waals surface area contributed by atoms with E-state index in [9.17, 15) is 4.39 Å². The minimum Gasteiger partial charge on any atom is -0.497 e. The molecule has 0 unspecified atom stereocenters. The molecular weight excluding hydrogens is 295 g/mol. The number of hydrogen-bond donors (Lipinski definition) is 0. The molecule has 0 spiro atoms. The predicted octanol–water partition coefficient (Wildman–Crippen LogP) is 4.16. The zero-order chi connectivity index (χ0) is 15.2. The Morgan fingerprint density at radius 1 is 0.952 bits per heavy atom. The summed E-state index contributed by atoms with van der Waals surface area (Å²) in [5.41, 5.74) is 1.25. The van der Waals surface area contributed by atoms with Crippen molar-refractivity contribution in [1.29, 1.82) is 0 Å². The van der Waals surface area contributed by atoms with Gasteiger partial charge in [0.2, 0.25) is 0 Å². The number of methoxy groups -OCH3 is 2. The average molecular weight is 311 g/mol. The van der Waals surface area contributed by atoms with E-state index in [1.165, 1.54) is 13.2 Å². The molecule has 5 heteroatoms. The van der Waals surface area contributed by atoms with Crippen molar-refractivity contribution in [2.75, 3.05) is 14.2 Å². The number of hydrogen-bond acceptors (Lipinski definition) is 3. The first kappa shape index (κ1) is 15.4. The molecule has 0 saturated heterocycles. The molecule has 0 aliphatic rings. The molecule has 0 fully saturated rings. The van der Waals surface area contributed by atoms with E-state index in [2.05, 4.69) is 0 Å². The summed E-state index contributed by atoms with van der Waals surface area (Å²) in [4.78, 5) is 0. The van der Waals surface area contributed by atoms with Crippen LogP contribution in [0.5, 0.6) is 17.2 Å². The van der Waals surface area contributed by atoms with Crippen molar-refractivity contribution in [3.05, 3.63) is 53.3 Å². The molecule has 0 saturated carbocycles. The smallest absolute Gasteiger partial charge is 0.133 e. The van der Waals surface area contributed by atoms with Crippen LogP contribution >= 0.6 is 11.6 Å². The molecule has 0 aliphatic carbocycles. The summed E-state index contributed by atoms with van der Waals surface area (Å²) in [6.45, 7) is 0.117. The highest BCUT2D eigenvalue weighted by Gasteiger charge is 2.08. The van der Waals surface area contributed by atoms with Crippen LogP contribution in [0.2, 0.25) is 0 Å². The van der Waals surface area contributed by atoms with Gasteiger partial charge in [0.25, 0.3) is 0 Å². The Morgan fingerprint density at radius 3 is 2.24 bits per heavy atom. The summed E-state index contributed by atoms with van der Waals surface area (Å²) >= 11 is 5.89. The number of rotatable bonds is 6. The number of ether oxygens (including phenoxy) is 3. The predicted molar refractivity (Wildman–Crippen MR) is 79.8 cm³/mol. The first-order valence-corrected chi connectivity index (χ1v) is 6.89. The van der Waals surface area contributed by atoms with E-state index < -0.39 is 0 Å². The molecular formula is C16H16ClFO3. The van der Waals surface area contributed by atoms with Crippen LogP contribution in [0.4, 0.5) is 4.39 Å². The molecule has 2 aromatic carbocycles. The van der Waals surface area contributed by atoms with E-state index in [4.69, 9.17) is 25.8 Å². The lowest BCUT2D eigenvalue weighted by Crippen LogP contribution is -2.01. The van der Waals surface area contributed by atoms with Crippen molar-refractivity contribution in [1.82, 2.24) is 0 Å². The molecule has 0 aromatic heterocycles. The largest absolute Gasteiger partial charge is 0.497 e. The van der Waals surface area contributed by atoms with Gasteiger partial charge < -0.3 is 14.2 Å². The second-order valence-electron chi connectivity index (χ2n) is 4.35. The van der Waals surface area contributed by atoms with Crippen LogP contribution < -0.4 is 14.2 Å². The molecule has 0 atom stereocenters. The van der Waals surface area contributed by atoms with Crippen LogP contribution in [0.25, 0.3) is 0 Å². The summed E-state index contributed by atoms with van der Waals surface area (Å²) < 4.78 is 29.6. The van der Waals surface area contributed by atoms with Crippen molar-refractivity contribution < 1.29 is 18.6 Å². The van der Waals surface area contributed by atoms with E-state index in [0.717, 1.165) is 5.56 Å². The Balaban J connectivity index is 2.12. The fraction of sp³-hybridized carbons (Fsp3) is 0.250. The van der Waals surface area contributed by atoms with Crippen LogP contribution in [-0.4, -0.2) is 14.2 Å². The van der Waals surface area contributed by atoms with Gasteiger partial charge in [0.15, 0.2) is 0 Å². The highest BCUT2D eigenvalue weighted by molar-refractivity contribution is 6.17. The molecule has 21 heavy (non-hydrogen) atoms. The van der Waals surface area contributed by atoms with E-state index in [1.54, 1.807) is 37.4 Å². The normalized spacial score (nSPS) is 10.3. The lowest BCUT2D eigenvalue weighted by molar-refractivity contribution is 0.296. The fourth-order valence-electron chi connectivity index (χ4n) is 1.86. The van der Waals surface area contributed by atoms with Gasteiger partial charge in [0.05, 0.1) is 20.1 Å². The third kappa shape index (κ3) is 3.79. The van der Waals surface area contributed by atoms with Gasteiger partial charge in [0.1, 0.15) is 29.7 Å². The van der Waals surface area contributed by atoms with E-state index in [0.29, 0.717) is 22.8 Å². The van der Waals surface area contributed by atoms with Crippen LogP contribution in [0.1, 0.15) is 11.1 Å². The highest BCUT2D eigenvalue weighted by Crippen LogP contribution is 2.27. The van der Waals surface area contributed by atoms with Crippen LogP contribution in [0.3, 0.4) is 0 Å². The average Bonchev–Trinajstić information content (AvgIpc) is 2.53. The van der Waals surface area contributed by atoms with E-state index >= 15 is 0 Å². The maximum atomic E-state index is 13.8. The van der Waals surface area contributed by atoms with Gasteiger partial charge in [-0.3, -0.25) is 0 Å². The second-order valence-corrected chi connectivity index (χ2v) is 4.62. The Morgan fingerprint density at radius 2 is 1.62 bits per heavy atom. The van der Waals surface area contributed by atoms with Gasteiger partial charge in [0, 0.05) is 17.2 Å². The van der Waals surface area contributed by atoms with Crippen molar-refractivity contribution >= 4 is 11.6 Å². The lowest BCUT2D eigenvalue weighted by atomic mass is 10.2. The molecule has 0 amide bonds. The Bertz CT molecular complexity index is 616. The monoisotopic (exact) mass is 310 g/mol. The van der Waals surface area contributed by atoms with E-state index in [-0.39, 0.29) is 18.3 Å². The van der Waals surface area contributed by atoms with Crippen LogP contribution in [0, 0.1) is 5.82 Å². The summed E-state index contributed by atoms with van der Waals surface area (Å²) in [5, 5.41) is 0. The zero-order valence-corrected chi connectivity index (χ0v) is 12.6. The molecule has 2 aromatic rings. The van der Waals surface area contributed by atoms with Crippen LogP contribution in [0.15, 0.2) is 36.4 Å². The highest BCUT2D eigenvalue weighted by atomic mass is 35.5. The fourth-order valence-corrected chi connectivity index (χ4v) is 2.06. The summed E-state index contributed by atoms with van der Waals surface area (Å²) in [6, 6.07) is 9.99. The molecule has 0 bridgehead atoms. The van der Waals surface area contributed by atoms with Crippen molar-refractivity contribution in [2.45, 2.75) is 12.5 Å². The Kier molecular flexibility index (Phi) is 5.28. The first-order chi connectivity index (χ1) is 10.2. The van der Waals surface area contributed by atoms with Crippen molar-refractivity contribution in [2.24, 2.45) is 0 Å². The number of benzene rings is 2. The van der Waals surface area contributed by atoms with Gasteiger partial charge in [-0.05, 0) is 30.3 Å². The van der Waals surface area contributed by atoms with Gasteiger partial charge in [-0.1, -0.05) is 0 Å². The summed E-state index contributed by atoms with van der Waals surface area (Å²) in [7, 11) is 3.08. The lowest BCUT2D eigenvalue weighted by Gasteiger charge is -2.12. The molecule has 0 aliphatic heterocycles. The molecule has 112 valence electrons. The van der Waals surface area contributed by atoms with Crippen molar-refractivity contribution in [3.63, 3.8) is 0 Å². The minimum atomic E-state index is -0.365. The van der Waals surface area contributed by atoms with Gasteiger partial charge in [-0.25, -0.2) is 4.39 Å². The Labute approximate surface area is 128 Å². The maximum Gasteiger partial charge on any atom is 0.133 e. The molecule has 3 nitrogen and oxygen atoms in total. The third-order valence-electron chi connectivity index (χ3n) is 3.06.